The van der Waals surface area contributed by atoms with E-state index in [0.717, 1.165) is 11.1 Å². The molecule has 1 amide bonds. The fourth-order valence-corrected chi connectivity index (χ4v) is 3.64. The Morgan fingerprint density at radius 2 is 2.04 bits per heavy atom. The van der Waals surface area contributed by atoms with Crippen molar-refractivity contribution < 1.29 is 13.9 Å². The van der Waals surface area contributed by atoms with E-state index in [1.807, 2.05) is 62.4 Å². The second kappa shape index (κ2) is 7.16. The van der Waals surface area contributed by atoms with E-state index in [-0.39, 0.29) is 24.3 Å². The van der Waals surface area contributed by atoms with Crippen LogP contribution in [0.15, 0.2) is 57.7 Å². The molecule has 0 saturated carbocycles. The van der Waals surface area contributed by atoms with Gasteiger partial charge in [0.15, 0.2) is 5.58 Å². The number of aromatic amines is 1. The number of fused-ring (bicyclic) bond motifs is 1. The molecule has 1 atom stereocenters. The Labute approximate surface area is 162 Å². The molecule has 2 heterocycles. The number of benzene rings is 2. The first kappa shape index (κ1) is 18.3. The van der Waals surface area contributed by atoms with Crippen molar-refractivity contribution in [2.75, 3.05) is 13.1 Å². The standard InChI is InChI=1S/C21H23N3O4/c1-21(2)13-24(20(26)27-12-14-6-4-3-5-7-14)11-17(23-21)15-8-9-16-18(10-15)28-19(25)22-16/h3-10,17,23H,11-13H2,1-2H3,(H,22,25). The number of piperazine rings is 1. The molecule has 0 spiro atoms. The second-order valence-corrected chi connectivity index (χ2v) is 7.77. The molecule has 7 nitrogen and oxygen atoms in total. The Bertz CT molecular complexity index is 1040. The average Bonchev–Trinajstić information content (AvgIpc) is 3.04. The largest absolute Gasteiger partial charge is 0.445 e. The molecule has 1 saturated heterocycles. The van der Waals surface area contributed by atoms with Crippen LogP contribution in [0.3, 0.4) is 0 Å². The van der Waals surface area contributed by atoms with Gasteiger partial charge in [0.2, 0.25) is 0 Å². The van der Waals surface area contributed by atoms with Gasteiger partial charge in [-0.1, -0.05) is 36.4 Å². The summed E-state index contributed by atoms with van der Waals surface area (Å²) < 4.78 is 10.7. The normalized spacial score (nSPS) is 18.9. The van der Waals surface area contributed by atoms with Gasteiger partial charge >= 0.3 is 11.8 Å². The molecule has 1 unspecified atom stereocenters. The molecular formula is C21H23N3O4. The van der Waals surface area contributed by atoms with E-state index in [1.165, 1.54) is 0 Å². The van der Waals surface area contributed by atoms with Gasteiger partial charge in [-0.25, -0.2) is 9.59 Å². The lowest BCUT2D eigenvalue weighted by molar-refractivity contribution is 0.0625. The van der Waals surface area contributed by atoms with Gasteiger partial charge in [0.05, 0.1) is 11.6 Å². The Morgan fingerprint density at radius 3 is 2.82 bits per heavy atom. The molecule has 7 heteroatoms. The lowest BCUT2D eigenvalue weighted by Crippen LogP contribution is -2.59. The highest BCUT2D eigenvalue weighted by molar-refractivity contribution is 5.73. The van der Waals surface area contributed by atoms with Crippen molar-refractivity contribution >= 4 is 17.2 Å². The molecule has 1 aliphatic heterocycles. The highest BCUT2D eigenvalue weighted by atomic mass is 16.6. The van der Waals surface area contributed by atoms with E-state index in [0.29, 0.717) is 24.2 Å². The van der Waals surface area contributed by atoms with Crippen molar-refractivity contribution in [2.45, 2.75) is 32.0 Å². The maximum absolute atomic E-state index is 12.7. The number of hydrogen-bond acceptors (Lipinski definition) is 5. The summed E-state index contributed by atoms with van der Waals surface area (Å²) in [4.78, 5) is 28.4. The van der Waals surface area contributed by atoms with E-state index >= 15 is 0 Å². The summed E-state index contributed by atoms with van der Waals surface area (Å²) in [5.41, 5.74) is 2.77. The van der Waals surface area contributed by atoms with Crippen LogP contribution in [0.5, 0.6) is 0 Å². The molecule has 1 aromatic heterocycles. The van der Waals surface area contributed by atoms with Crippen LogP contribution in [0, 0.1) is 0 Å². The third kappa shape index (κ3) is 3.94. The van der Waals surface area contributed by atoms with Gasteiger partial charge in [0, 0.05) is 18.6 Å². The number of amides is 1. The lowest BCUT2D eigenvalue weighted by Gasteiger charge is -2.43. The molecule has 2 N–H and O–H groups in total. The van der Waals surface area contributed by atoms with E-state index in [4.69, 9.17) is 9.15 Å². The summed E-state index contributed by atoms with van der Waals surface area (Å²) in [7, 11) is 0. The molecule has 146 valence electrons. The predicted octanol–water partition coefficient (Wildman–Crippen LogP) is 3.18. The number of H-pyrrole nitrogens is 1. The van der Waals surface area contributed by atoms with Crippen molar-refractivity contribution in [3.63, 3.8) is 0 Å². The van der Waals surface area contributed by atoms with E-state index < -0.39 is 5.76 Å². The summed E-state index contributed by atoms with van der Waals surface area (Å²) in [6.07, 6.45) is -0.335. The van der Waals surface area contributed by atoms with Crippen molar-refractivity contribution in [2.24, 2.45) is 0 Å². The van der Waals surface area contributed by atoms with Crippen LogP contribution in [0.4, 0.5) is 4.79 Å². The number of hydrogen-bond donors (Lipinski definition) is 2. The molecular weight excluding hydrogens is 358 g/mol. The second-order valence-electron chi connectivity index (χ2n) is 7.77. The van der Waals surface area contributed by atoms with E-state index in [1.54, 1.807) is 4.90 Å². The van der Waals surface area contributed by atoms with Gasteiger partial charge in [-0.2, -0.15) is 0 Å². The summed E-state index contributed by atoms with van der Waals surface area (Å²) in [6, 6.07) is 15.1. The third-order valence-corrected chi connectivity index (χ3v) is 4.86. The fraction of sp³-hybridized carbons (Fsp3) is 0.333. The van der Waals surface area contributed by atoms with Gasteiger partial charge in [-0.05, 0) is 37.1 Å². The van der Waals surface area contributed by atoms with Crippen LogP contribution < -0.4 is 11.1 Å². The first-order chi connectivity index (χ1) is 13.4. The van der Waals surface area contributed by atoms with Gasteiger partial charge in [-0.3, -0.25) is 4.98 Å². The van der Waals surface area contributed by atoms with Crippen LogP contribution in [0.1, 0.15) is 31.0 Å². The van der Waals surface area contributed by atoms with Crippen molar-refractivity contribution in [1.82, 2.24) is 15.2 Å². The zero-order valence-corrected chi connectivity index (χ0v) is 15.9. The summed E-state index contributed by atoms with van der Waals surface area (Å²) in [5.74, 6) is -0.477. The third-order valence-electron chi connectivity index (χ3n) is 4.86. The van der Waals surface area contributed by atoms with Crippen LogP contribution in [-0.2, 0) is 11.3 Å². The minimum Gasteiger partial charge on any atom is -0.445 e. The molecule has 4 rings (SSSR count). The van der Waals surface area contributed by atoms with Gasteiger partial charge in [0.1, 0.15) is 6.61 Å². The summed E-state index contributed by atoms with van der Waals surface area (Å²) in [5, 5.41) is 3.56. The molecule has 2 aromatic carbocycles. The van der Waals surface area contributed by atoms with Crippen molar-refractivity contribution in [1.29, 1.82) is 0 Å². The number of ether oxygens (including phenoxy) is 1. The lowest BCUT2D eigenvalue weighted by atomic mass is 9.95. The average molecular weight is 381 g/mol. The van der Waals surface area contributed by atoms with Crippen molar-refractivity contribution in [3.8, 4) is 0 Å². The molecule has 0 aliphatic carbocycles. The van der Waals surface area contributed by atoms with Crippen molar-refractivity contribution in [3.05, 3.63) is 70.2 Å². The van der Waals surface area contributed by atoms with Gasteiger partial charge in [0.25, 0.3) is 0 Å². The van der Waals surface area contributed by atoms with Crippen LogP contribution in [-0.4, -0.2) is 34.6 Å². The summed E-state index contributed by atoms with van der Waals surface area (Å²) in [6.45, 7) is 5.35. The predicted molar refractivity (Wildman–Crippen MR) is 105 cm³/mol. The maximum atomic E-state index is 12.7. The number of rotatable bonds is 3. The van der Waals surface area contributed by atoms with E-state index in [2.05, 4.69) is 10.3 Å². The first-order valence-corrected chi connectivity index (χ1v) is 9.26. The Kier molecular flexibility index (Phi) is 4.68. The molecule has 0 bridgehead atoms. The molecule has 1 aliphatic rings. The number of nitrogens with zero attached hydrogens (tertiary/aromatic N) is 1. The van der Waals surface area contributed by atoms with E-state index in [9.17, 15) is 9.59 Å². The Morgan fingerprint density at radius 1 is 1.25 bits per heavy atom. The number of carbonyl (C=O) groups excluding carboxylic acids is 1. The highest BCUT2D eigenvalue weighted by Gasteiger charge is 2.35. The Hall–Kier alpha value is -3.06. The number of aromatic nitrogens is 1. The smallest absolute Gasteiger partial charge is 0.417 e. The van der Waals surface area contributed by atoms with Gasteiger partial charge in [-0.15, -0.1) is 0 Å². The number of carbonyl (C=O) groups is 1. The SMILES string of the molecule is CC1(C)CN(C(=O)OCc2ccccc2)CC(c2ccc3[nH]c(=O)oc3c2)N1. The zero-order chi connectivity index (χ0) is 19.7. The van der Waals surface area contributed by atoms with Crippen LogP contribution in [0.25, 0.3) is 11.1 Å². The molecule has 0 radical (unpaired) electrons. The van der Waals surface area contributed by atoms with Gasteiger partial charge < -0.3 is 19.4 Å². The fourth-order valence-electron chi connectivity index (χ4n) is 3.64. The Balaban J connectivity index is 1.50. The molecule has 28 heavy (non-hydrogen) atoms. The maximum Gasteiger partial charge on any atom is 0.417 e. The minimum absolute atomic E-state index is 0.0994. The highest BCUT2D eigenvalue weighted by Crippen LogP contribution is 2.27. The minimum atomic E-state index is -0.477. The number of oxazole rings is 1. The molecule has 3 aromatic rings. The summed E-state index contributed by atoms with van der Waals surface area (Å²) >= 11 is 0. The van der Waals surface area contributed by atoms with Crippen LogP contribution in [0.2, 0.25) is 0 Å². The topological polar surface area (TPSA) is 87.6 Å². The quantitative estimate of drug-likeness (QED) is 0.728. The monoisotopic (exact) mass is 381 g/mol. The number of nitrogens with one attached hydrogen (secondary N) is 2. The first-order valence-electron chi connectivity index (χ1n) is 9.26. The zero-order valence-electron chi connectivity index (χ0n) is 15.9. The molecule has 1 fully saturated rings. The van der Waals surface area contributed by atoms with Crippen LogP contribution >= 0.6 is 0 Å².